The van der Waals surface area contributed by atoms with Crippen molar-refractivity contribution in [3.8, 4) is 0 Å². The van der Waals surface area contributed by atoms with E-state index in [0.29, 0.717) is 24.2 Å². The molecule has 138 valence electrons. The molecule has 9 atom stereocenters. The van der Waals surface area contributed by atoms with Gasteiger partial charge in [0.25, 0.3) is 0 Å². The average molecular weight is 346 g/mol. The van der Waals surface area contributed by atoms with Crippen molar-refractivity contribution in [3.05, 3.63) is 0 Å². The van der Waals surface area contributed by atoms with Crippen molar-refractivity contribution in [1.82, 2.24) is 0 Å². The first-order valence-electron chi connectivity index (χ1n) is 10.9. The van der Waals surface area contributed by atoms with Gasteiger partial charge < -0.3 is 19.3 Å². The standard InChI is InChI=1S/C21H30O4/c22-20(21-10-3-6-17(21)25-21)11-7-13(18-8-1-4-15(18)23-18)12-14(20)19-9-2-5-16(19)24-19/h13-17,22H,1-12H2. The van der Waals surface area contributed by atoms with Gasteiger partial charge in [-0.1, -0.05) is 0 Å². The number of hydrogen-bond donors (Lipinski definition) is 1. The summed E-state index contributed by atoms with van der Waals surface area (Å²) in [5.41, 5.74) is -0.742. The Balaban J connectivity index is 1.26. The van der Waals surface area contributed by atoms with E-state index in [1.54, 1.807) is 0 Å². The van der Waals surface area contributed by atoms with Gasteiger partial charge >= 0.3 is 0 Å². The van der Waals surface area contributed by atoms with Crippen LogP contribution in [0.4, 0.5) is 0 Å². The molecule has 25 heavy (non-hydrogen) atoms. The van der Waals surface area contributed by atoms with E-state index in [-0.39, 0.29) is 22.7 Å². The van der Waals surface area contributed by atoms with Gasteiger partial charge in [0, 0.05) is 5.92 Å². The van der Waals surface area contributed by atoms with Gasteiger partial charge in [-0.05, 0) is 83.0 Å². The van der Waals surface area contributed by atoms with Gasteiger partial charge in [0.05, 0.1) is 23.9 Å². The summed E-state index contributed by atoms with van der Waals surface area (Å²) >= 11 is 0. The zero-order valence-electron chi connectivity index (χ0n) is 15.0. The third kappa shape index (κ3) is 1.58. The predicted octanol–water partition coefficient (Wildman–Crippen LogP) is 3.10. The van der Waals surface area contributed by atoms with E-state index in [1.165, 1.54) is 38.5 Å². The summed E-state index contributed by atoms with van der Waals surface area (Å²) in [6.07, 6.45) is 15.2. The number of aliphatic hydroxyl groups is 1. The first-order valence-corrected chi connectivity index (χ1v) is 10.9. The van der Waals surface area contributed by atoms with Gasteiger partial charge in [0.2, 0.25) is 0 Å². The minimum absolute atomic E-state index is 0.0269. The summed E-state index contributed by atoms with van der Waals surface area (Å²) in [6.45, 7) is 0. The van der Waals surface area contributed by atoms with Crippen molar-refractivity contribution in [3.63, 3.8) is 0 Å². The molecule has 4 aliphatic carbocycles. The van der Waals surface area contributed by atoms with Crippen molar-refractivity contribution in [1.29, 1.82) is 0 Å². The Labute approximate surface area is 149 Å². The van der Waals surface area contributed by atoms with Gasteiger partial charge in [-0.3, -0.25) is 0 Å². The van der Waals surface area contributed by atoms with Crippen LogP contribution >= 0.6 is 0 Å². The second-order valence-electron chi connectivity index (χ2n) is 10.2. The largest absolute Gasteiger partial charge is 0.386 e. The van der Waals surface area contributed by atoms with Gasteiger partial charge in [-0.25, -0.2) is 0 Å². The molecule has 0 aromatic rings. The molecule has 9 unspecified atom stereocenters. The molecule has 0 amide bonds. The average Bonchev–Trinajstić information content (AvgIpc) is 3.55. The van der Waals surface area contributed by atoms with E-state index in [2.05, 4.69) is 0 Å². The van der Waals surface area contributed by atoms with Crippen molar-refractivity contribution < 1.29 is 19.3 Å². The molecular formula is C21H30O4. The molecule has 7 aliphatic rings. The lowest BCUT2D eigenvalue weighted by molar-refractivity contribution is -0.146. The Bertz CT molecular complexity index is 637. The highest BCUT2D eigenvalue weighted by Gasteiger charge is 2.80. The molecule has 4 saturated carbocycles. The molecule has 0 spiro atoms. The quantitative estimate of drug-likeness (QED) is 0.798. The van der Waals surface area contributed by atoms with Crippen LogP contribution in [0.3, 0.4) is 0 Å². The number of rotatable bonds is 3. The molecule has 3 saturated heterocycles. The van der Waals surface area contributed by atoms with Crippen LogP contribution in [0.15, 0.2) is 0 Å². The van der Waals surface area contributed by atoms with Crippen molar-refractivity contribution in [2.75, 3.05) is 0 Å². The summed E-state index contributed by atoms with van der Waals surface area (Å²) in [6, 6.07) is 0. The van der Waals surface area contributed by atoms with Crippen LogP contribution in [0, 0.1) is 11.8 Å². The van der Waals surface area contributed by atoms with Crippen LogP contribution in [0.2, 0.25) is 0 Å². The second kappa shape index (κ2) is 4.29. The van der Waals surface area contributed by atoms with Crippen molar-refractivity contribution in [2.24, 2.45) is 11.8 Å². The highest BCUT2D eigenvalue weighted by molar-refractivity contribution is 5.29. The van der Waals surface area contributed by atoms with E-state index in [9.17, 15) is 5.11 Å². The Morgan fingerprint density at radius 2 is 1.36 bits per heavy atom. The van der Waals surface area contributed by atoms with E-state index >= 15 is 0 Å². The number of ether oxygens (including phenoxy) is 3. The molecule has 0 aromatic carbocycles. The summed E-state index contributed by atoms with van der Waals surface area (Å²) in [7, 11) is 0. The van der Waals surface area contributed by atoms with E-state index in [0.717, 1.165) is 38.5 Å². The minimum atomic E-state index is -0.663. The fraction of sp³-hybridized carbons (Fsp3) is 1.00. The lowest BCUT2D eigenvalue weighted by Gasteiger charge is -2.49. The Morgan fingerprint density at radius 1 is 0.680 bits per heavy atom. The highest BCUT2D eigenvalue weighted by atomic mass is 16.6. The number of epoxide rings is 3. The fourth-order valence-electron chi connectivity index (χ4n) is 8.28. The zero-order chi connectivity index (χ0) is 16.5. The maximum atomic E-state index is 12.1. The normalized spacial score (nSPS) is 66.8. The van der Waals surface area contributed by atoms with Crippen molar-refractivity contribution in [2.45, 2.75) is 118 Å². The van der Waals surface area contributed by atoms with Crippen LogP contribution in [0.5, 0.6) is 0 Å². The van der Waals surface area contributed by atoms with E-state index in [1.807, 2.05) is 0 Å². The summed E-state index contributed by atoms with van der Waals surface area (Å²) in [5, 5.41) is 12.1. The smallest absolute Gasteiger partial charge is 0.124 e. The predicted molar refractivity (Wildman–Crippen MR) is 90.1 cm³/mol. The van der Waals surface area contributed by atoms with Crippen molar-refractivity contribution >= 4 is 0 Å². The molecule has 0 radical (unpaired) electrons. The van der Waals surface area contributed by atoms with Gasteiger partial charge in [0.1, 0.15) is 16.8 Å². The highest BCUT2D eigenvalue weighted by Crippen LogP contribution is 2.70. The fourth-order valence-corrected chi connectivity index (χ4v) is 8.28. The maximum absolute atomic E-state index is 12.1. The van der Waals surface area contributed by atoms with E-state index in [4.69, 9.17) is 14.2 Å². The first kappa shape index (κ1) is 14.8. The lowest BCUT2D eigenvalue weighted by Crippen LogP contribution is -2.60. The van der Waals surface area contributed by atoms with Crippen LogP contribution in [0.25, 0.3) is 0 Å². The lowest BCUT2D eigenvalue weighted by atomic mass is 9.57. The monoisotopic (exact) mass is 346 g/mol. The molecular weight excluding hydrogens is 316 g/mol. The van der Waals surface area contributed by atoms with Crippen LogP contribution in [-0.4, -0.2) is 45.8 Å². The summed E-state index contributed by atoms with van der Waals surface area (Å²) in [5.74, 6) is 0.884. The molecule has 0 bridgehead atoms. The Kier molecular flexibility index (Phi) is 2.55. The van der Waals surface area contributed by atoms with Gasteiger partial charge in [-0.2, -0.15) is 0 Å². The van der Waals surface area contributed by atoms with Gasteiger partial charge in [0.15, 0.2) is 0 Å². The SMILES string of the molecule is OC1(C23CCCC2O3)CCC(C23CCCC2O3)CC1C12CCCC1O2. The van der Waals surface area contributed by atoms with Crippen LogP contribution in [-0.2, 0) is 14.2 Å². The molecule has 7 fully saturated rings. The summed E-state index contributed by atoms with van der Waals surface area (Å²) < 4.78 is 18.7. The molecule has 4 nitrogen and oxygen atoms in total. The zero-order valence-corrected chi connectivity index (χ0v) is 15.0. The third-order valence-corrected chi connectivity index (χ3v) is 9.58. The number of hydrogen-bond acceptors (Lipinski definition) is 4. The molecule has 3 aliphatic heterocycles. The Morgan fingerprint density at radius 3 is 1.92 bits per heavy atom. The second-order valence-corrected chi connectivity index (χ2v) is 10.2. The molecule has 4 heteroatoms. The Hall–Kier alpha value is -0.160. The minimum Gasteiger partial charge on any atom is -0.386 e. The van der Waals surface area contributed by atoms with Crippen LogP contribution < -0.4 is 0 Å². The topological polar surface area (TPSA) is 57.8 Å². The van der Waals surface area contributed by atoms with Gasteiger partial charge in [-0.15, -0.1) is 0 Å². The van der Waals surface area contributed by atoms with Crippen LogP contribution in [0.1, 0.15) is 77.0 Å². The van der Waals surface area contributed by atoms with E-state index < -0.39 is 5.60 Å². The first-order chi connectivity index (χ1) is 12.1. The number of fused-ring (bicyclic) bond motifs is 3. The summed E-state index contributed by atoms with van der Waals surface area (Å²) in [4.78, 5) is 0. The molecule has 0 aromatic heterocycles. The molecule has 1 N–H and O–H groups in total. The molecule has 3 heterocycles. The third-order valence-electron chi connectivity index (χ3n) is 9.58. The maximum Gasteiger partial charge on any atom is 0.124 e. The molecule has 7 rings (SSSR count).